The number of nitrogens with zero attached hydrogens (tertiary/aromatic N) is 5. The van der Waals surface area contributed by atoms with Crippen molar-refractivity contribution in [3.05, 3.63) is 71.2 Å². The van der Waals surface area contributed by atoms with Crippen LogP contribution < -0.4 is 10.1 Å². The van der Waals surface area contributed by atoms with E-state index in [9.17, 15) is 0 Å². The number of hydrogen-bond donors (Lipinski definition) is 1. The molecular weight excluding hydrogens is 400 g/mol. The minimum Gasteiger partial charge on any atom is -0.497 e. The van der Waals surface area contributed by atoms with Gasteiger partial charge in [-0.3, -0.25) is 4.68 Å². The molecule has 0 bridgehead atoms. The molecule has 0 spiro atoms. The zero-order chi connectivity index (χ0) is 22.4. The van der Waals surface area contributed by atoms with Gasteiger partial charge in [0.2, 0.25) is 0 Å². The highest BCUT2D eigenvalue weighted by molar-refractivity contribution is 5.90. The maximum Gasteiger partial charge on any atom is 0.165 e. The second kappa shape index (κ2) is 7.67. The standard InChI is InChI=1S/C25H26N6O/c1-15-12-23(26-14-18-6-9-20(32-5)10-7-18)31-25(27-15)24(17(3)29-31)19-8-11-22-21(13-19)16(2)28-30(22)4/h6-13,26H,14H2,1-5H3. The summed E-state index contributed by atoms with van der Waals surface area (Å²) in [5, 5.41) is 14.1. The van der Waals surface area contributed by atoms with E-state index in [2.05, 4.69) is 40.7 Å². The summed E-state index contributed by atoms with van der Waals surface area (Å²) >= 11 is 0. The van der Waals surface area contributed by atoms with Crippen LogP contribution in [0, 0.1) is 20.8 Å². The molecule has 32 heavy (non-hydrogen) atoms. The quantitative estimate of drug-likeness (QED) is 0.436. The molecule has 0 saturated carbocycles. The van der Waals surface area contributed by atoms with Gasteiger partial charge in [0.15, 0.2) is 5.65 Å². The molecular formula is C25H26N6O. The lowest BCUT2D eigenvalue weighted by molar-refractivity contribution is 0.414. The molecule has 162 valence electrons. The van der Waals surface area contributed by atoms with Gasteiger partial charge in [0.05, 0.1) is 24.0 Å². The zero-order valence-corrected chi connectivity index (χ0v) is 19.0. The van der Waals surface area contributed by atoms with Crippen molar-refractivity contribution in [3.8, 4) is 16.9 Å². The van der Waals surface area contributed by atoms with Crippen LogP contribution in [0.4, 0.5) is 5.82 Å². The molecule has 7 heteroatoms. The Bertz CT molecular complexity index is 1450. The third-order valence-corrected chi connectivity index (χ3v) is 5.85. The Balaban J connectivity index is 1.56. The largest absolute Gasteiger partial charge is 0.497 e. The van der Waals surface area contributed by atoms with Gasteiger partial charge in [0.25, 0.3) is 0 Å². The number of hydrogen-bond acceptors (Lipinski definition) is 5. The summed E-state index contributed by atoms with van der Waals surface area (Å²) < 4.78 is 9.07. The lowest BCUT2D eigenvalue weighted by Gasteiger charge is -2.10. The summed E-state index contributed by atoms with van der Waals surface area (Å²) in [6.07, 6.45) is 0. The second-order valence-electron chi connectivity index (χ2n) is 8.12. The molecule has 0 atom stereocenters. The van der Waals surface area contributed by atoms with Gasteiger partial charge in [-0.15, -0.1) is 0 Å². The summed E-state index contributed by atoms with van der Waals surface area (Å²) in [6.45, 7) is 6.77. The zero-order valence-electron chi connectivity index (χ0n) is 19.0. The molecule has 0 amide bonds. The number of nitrogens with one attached hydrogen (secondary N) is 1. The Morgan fingerprint density at radius 3 is 2.47 bits per heavy atom. The minimum atomic E-state index is 0.678. The lowest BCUT2D eigenvalue weighted by atomic mass is 10.0. The molecule has 7 nitrogen and oxygen atoms in total. The normalized spacial score (nSPS) is 11.4. The summed E-state index contributed by atoms with van der Waals surface area (Å²) in [7, 11) is 3.65. The fourth-order valence-electron chi connectivity index (χ4n) is 4.24. The smallest absolute Gasteiger partial charge is 0.165 e. The van der Waals surface area contributed by atoms with Crippen molar-refractivity contribution < 1.29 is 4.74 Å². The van der Waals surface area contributed by atoms with Gasteiger partial charge in [-0.1, -0.05) is 18.2 Å². The van der Waals surface area contributed by atoms with Crippen molar-refractivity contribution >= 4 is 22.4 Å². The number of rotatable bonds is 5. The first-order chi connectivity index (χ1) is 15.4. The van der Waals surface area contributed by atoms with Crippen molar-refractivity contribution in [1.82, 2.24) is 24.4 Å². The number of methoxy groups -OCH3 is 1. The molecule has 0 radical (unpaired) electrons. The molecule has 5 aromatic rings. The van der Waals surface area contributed by atoms with E-state index in [1.807, 2.05) is 55.2 Å². The number of benzene rings is 2. The maximum absolute atomic E-state index is 5.25. The van der Waals surface area contributed by atoms with E-state index in [0.717, 1.165) is 61.9 Å². The van der Waals surface area contributed by atoms with Crippen molar-refractivity contribution in [1.29, 1.82) is 0 Å². The van der Waals surface area contributed by atoms with Crippen LogP contribution in [0.5, 0.6) is 5.75 Å². The molecule has 2 aromatic carbocycles. The first-order valence-electron chi connectivity index (χ1n) is 10.6. The molecule has 3 heterocycles. The van der Waals surface area contributed by atoms with E-state index in [-0.39, 0.29) is 0 Å². The second-order valence-corrected chi connectivity index (χ2v) is 8.12. The van der Waals surface area contributed by atoms with E-state index in [1.54, 1.807) is 7.11 Å². The van der Waals surface area contributed by atoms with Crippen LogP contribution in [0.1, 0.15) is 22.6 Å². The van der Waals surface area contributed by atoms with E-state index in [0.29, 0.717) is 6.54 Å². The Labute approximate surface area is 186 Å². The highest BCUT2D eigenvalue weighted by Crippen LogP contribution is 2.32. The third-order valence-electron chi connectivity index (χ3n) is 5.85. The maximum atomic E-state index is 5.25. The van der Waals surface area contributed by atoms with Gasteiger partial charge in [-0.2, -0.15) is 14.7 Å². The van der Waals surface area contributed by atoms with Crippen molar-refractivity contribution in [3.63, 3.8) is 0 Å². The van der Waals surface area contributed by atoms with Gasteiger partial charge < -0.3 is 10.1 Å². The van der Waals surface area contributed by atoms with Crippen LogP contribution in [-0.2, 0) is 13.6 Å². The van der Waals surface area contributed by atoms with E-state index >= 15 is 0 Å². The third kappa shape index (κ3) is 3.36. The first-order valence-corrected chi connectivity index (χ1v) is 10.6. The van der Waals surface area contributed by atoms with Crippen LogP contribution in [0.3, 0.4) is 0 Å². The van der Waals surface area contributed by atoms with E-state index < -0.39 is 0 Å². The number of anilines is 1. The van der Waals surface area contributed by atoms with Crippen LogP contribution in [0.25, 0.3) is 27.7 Å². The Morgan fingerprint density at radius 2 is 1.72 bits per heavy atom. The van der Waals surface area contributed by atoms with Crippen LogP contribution in [0.15, 0.2) is 48.5 Å². The number of fused-ring (bicyclic) bond motifs is 2. The predicted molar refractivity (Wildman–Crippen MR) is 127 cm³/mol. The molecule has 1 N–H and O–H groups in total. The highest BCUT2D eigenvalue weighted by Gasteiger charge is 2.17. The minimum absolute atomic E-state index is 0.678. The SMILES string of the molecule is COc1ccc(CNc2cc(C)nc3c(-c4ccc5c(c4)c(C)nn5C)c(C)nn23)cc1. The average molecular weight is 427 g/mol. The lowest BCUT2D eigenvalue weighted by Crippen LogP contribution is -2.07. The molecule has 0 fully saturated rings. The number of aromatic nitrogens is 5. The van der Waals surface area contributed by atoms with Gasteiger partial charge in [-0.05, 0) is 56.2 Å². The van der Waals surface area contributed by atoms with Gasteiger partial charge >= 0.3 is 0 Å². The molecule has 0 aliphatic rings. The van der Waals surface area contributed by atoms with E-state index in [4.69, 9.17) is 14.8 Å². The Hall–Kier alpha value is -3.87. The fourth-order valence-corrected chi connectivity index (χ4v) is 4.24. The van der Waals surface area contributed by atoms with Crippen LogP contribution in [0.2, 0.25) is 0 Å². The summed E-state index contributed by atoms with van der Waals surface area (Å²) in [6, 6.07) is 16.5. The monoisotopic (exact) mass is 426 g/mol. The molecule has 0 saturated heterocycles. The summed E-state index contributed by atoms with van der Waals surface area (Å²) in [5.41, 5.74) is 8.17. The molecule has 0 aliphatic heterocycles. The molecule has 0 unspecified atom stereocenters. The molecule has 3 aromatic heterocycles. The first kappa shape index (κ1) is 20.1. The number of aryl methyl sites for hydroxylation is 4. The van der Waals surface area contributed by atoms with Crippen LogP contribution in [-0.4, -0.2) is 31.5 Å². The van der Waals surface area contributed by atoms with Crippen molar-refractivity contribution in [2.24, 2.45) is 7.05 Å². The van der Waals surface area contributed by atoms with Gasteiger partial charge in [-0.25, -0.2) is 4.98 Å². The van der Waals surface area contributed by atoms with Gasteiger partial charge in [0.1, 0.15) is 11.6 Å². The number of ether oxygens (including phenoxy) is 1. The Kier molecular flexibility index (Phi) is 4.81. The summed E-state index contributed by atoms with van der Waals surface area (Å²) in [4.78, 5) is 4.84. The predicted octanol–water partition coefficient (Wildman–Crippen LogP) is 4.83. The molecule has 5 rings (SSSR count). The van der Waals surface area contributed by atoms with Crippen molar-refractivity contribution in [2.75, 3.05) is 12.4 Å². The average Bonchev–Trinajstić information content (AvgIpc) is 3.27. The van der Waals surface area contributed by atoms with Crippen molar-refractivity contribution in [2.45, 2.75) is 27.3 Å². The van der Waals surface area contributed by atoms with E-state index in [1.165, 1.54) is 0 Å². The Morgan fingerprint density at radius 1 is 0.938 bits per heavy atom. The molecule has 0 aliphatic carbocycles. The highest BCUT2D eigenvalue weighted by atomic mass is 16.5. The summed E-state index contributed by atoms with van der Waals surface area (Å²) in [5.74, 6) is 1.76. The fraction of sp³-hybridized carbons (Fsp3) is 0.240. The van der Waals surface area contributed by atoms with Crippen LogP contribution >= 0.6 is 0 Å². The topological polar surface area (TPSA) is 69.3 Å². The van der Waals surface area contributed by atoms with Gasteiger partial charge in [0, 0.05) is 36.3 Å².